The van der Waals surface area contributed by atoms with Gasteiger partial charge < -0.3 is 15.6 Å². The molecular weight excluding hydrogens is 278 g/mol. The maximum absolute atomic E-state index is 11.6. The first-order chi connectivity index (χ1) is 10.6. The van der Waals surface area contributed by atoms with Gasteiger partial charge in [-0.3, -0.25) is 4.79 Å². The summed E-state index contributed by atoms with van der Waals surface area (Å²) < 4.78 is 5.10. The Morgan fingerprint density at radius 1 is 1.23 bits per heavy atom. The second-order valence-electron chi connectivity index (χ2n) is 5.87. The van der Waals surface area contributed by atoms with E-state index in [2.05, 4.69) is 6.92 Å². The first-order valence-corrected chi connectivity index (χ1v) is 8.23. The number of primary amides is 1. The summed E-state index contributed by atoms with van der Waals surface area (Å²) >= 11 is 0. The molecule has 0 bridgehead atoms. The van der Waals surface area contributed by atoms with E-state index >= 15 is 0 Å². The van der Waals surface area contributed by atoms with Gasteiger partial charge in [0.1, 0.15) is 0 Å². The molecule has 1 amide bonds. The second-order valence-corrected chi connectivity index (χ2v) is 5.87. The van der Waals surface area contributed by atoms with E-state index in [4.69, 9.17) is 10.5 Å². The van der Waals surface area contributed by atoms with E-state index in [-0.39, 0.29) is 17.6 Å². The highest BCUT2D eigenvalue weighted by Crippen LogP contribution is 2.28. The number of benzene rings is 1. The number of carbonyl (C=O) groups excluding carboxylic acids is 1. The third-order valence-corrected chi connectivity index (χ3v) is 4.03. The molecule has 0 heterocycles. The van der Waals surface area contributed by atoms with Crippen LogP contribution in [0.25, 0.3) is 0 Å². The number of rotatable bonds is 11. The van der Waals surface area contributed by atoms with Gasteiger partial charge in [-0.1, -0.05) is 51.5 Å². The van der Waals surface area contributed by atoms with Crippen molar-refractivity contribution in [3.63, 3.8) is 0 Å². The average molecular weight is 307 g/mol. The highest BCUT2D eigenvalue weighted by atomic mass is 16.5. The van der Waals surface area contributed by atoms with Crippen molar-refractivity contribution in [3.05, 3.63) is 23.8 Å². The molecule has 0 aliphatic heterocycles. The number of phenolic OH excluding ortho intramolecular Hbond substituents is 1. The molecule has 124 valence electrons. The normalized spacial score (nSPS) is 12.1. The zero-order chi connectivity index (χ0) is 16.4. The molecule has 0 aliphatic rings. The van der Waals surface area contributed by atoms with Gasteiger partial charge in [0, 0.05) is 5.92 Å². The monoisotopic (exact) mass is 307 g/mol. The molecule has 0 saturated heterocycles. The molecule has 1 aromatic rings. The van der Waals surface area contributed by atoms with E-state index in [1.807, 2.05) is 6.07 Å². The van der Waals surface area contributed by atoms with Crippen LogP contribution in [0.4, 0.5) is 0 Å². The fourth-order valence-electron chi connectivity index (χ4n) is 2.65. The molecule has 4 heteroatoms. The van der Waals surface area contributed by atoms with Gasteiger partial charge in [0.25, 0.3) is 0 Å². The van der Waals surface area contributed by atoms with Crippen molar-refractivity contribution >= 4 is 5.91 Å². The fraction of sp³-hybridized carbons (Fsp3) is 0.611. The van der Waals surface area contributed by atoms with Crippen LogP contribution in [-0.2, 0) is 11.2 Å². The molecule has 0 saturated carbocycles. The Kier molecular flexibility index (Phi) is 8.41. The molecule has 3 N–H and O–H groups in total. The number of hydrogen-bond donors (Lipinski definition) is 2. The lowest BCUT2D eigenvalue weighted by Crippen LogP contribution is -2.25. The van der Waals surface area contributed by atoms with Gasteiger partial charge in [0.2, 0.25) is 5.91 Å². The van der Waals surface area contributed by atoms with Crippen molar-refractivity contribution in [1.29, 1.82) is 0 Å². The molecule has 0 fully saturated rings. The lowest BCUT2D eigenvalue weighted by molar-refractivity contribution is -0.122. The number of amides is 1. The molecule has 0 aromatic heterocycles. The molecule has 0 spiro atoms. The van der Waals surface area contributed by atoms with Crippen LogP contribution in [0.1, 0.15) is 57.4 Å². The van der Waals surface area contributed by atoms with E-state index in [1.165, 1.54) is 32.8 Å². The zero-order valence-corrected chi connectivity index (χ0v) is 13.8. The second kappa shape index (κ2) is 10.1. The SMILES string of the molecule is CCCCCCCCC(Cc1ccc(O)c(OC)c1)C(N)=O. The maximum atomic E-state index is 11.6. The number of ether oxygens (including phenoxy) is 1. The summed E-state index contributed by atoms with van der Waals surface area (Å²) in [5.74, 6) is 0.138. The predicted molar refractivity (Wildman–Crippen MR) is 89.0 cm³/mol. The molecule has 1 rings (SSSR count). The van der Waals surface area contributed by atoms with Crippen LogP contribution < -0.4 is 10.5 Å². The molecule has 4 nitrogen and oxygen atoms in total. The quantitative estimate of drug-likeness (QED) is 0.611. The third kappa shape index (κ3) is 6.37. The highest BCUT2D eigenvalue weighted by molar-refractivity contribution is 5.77. The number of hydrogen-bond acceptors (Lipinski definition) is 3. The smallest absolute Gasteiger partial charge is 0.220 e. The number of phenols is 1. The Bertz CT molecular complexity index is 460. The standard InChI is InChI=1S/C18H29NO3/c1-3-4-5-6-7-8-9-15(18(19)21)12-14-10-11-16(20)17(13-14)22-2/h10-11,13,15,20H,3-9,12H2,1-2H3,(H2,19,21). The number of unbranched alkanes of at least 4 members (excludes halogenated alkanes) is 5. The number of methoxy groups -OCH3 is 1. The van der Waals surface area contributed by atoms with Gasteiger partial charge in [-0.2, -0.15) is 0 Å². The summed E-state index contributed by atoms with van der Waals surface area (Å²) in [5.41, 5.74) is 6.49. The van der Waals surface area contributed by atoms with Crippen molar-refractivity contribution in [2.75, 3.05) is 7.11 Å². The van der Waals surface area contributed by atoms with Gasteiger partial charge in [0.05, 0.1) is 7.11 Å². The first-order valence-electron chi connectivity index (χ1n) is 8.23. The third-order valence-electron chi connectivity index (χ3n) is 4.03. The van der Waals surface area contributed by atoms with Crippen molar-refractivity contribution in [3.8, 4) is 11.5 Å². The van der Waals surface area contributed by atoms with Gasteiger partial charge in [-0.15, -0.1) is 0 Å². The summed E-state index contributed by atoms with van der Waals surface area (Å²) in [6, 6.07) is 5.18. The summed E-state index contributed by atoms with van der Waals surface area (Å²) in [7, 11) is 1.51. The van der Waals surface area contributed by atoms with Gasteiger partial charge in [-0.25, -0.2) is 0 Å². The highest BCUT2D eigenvalue weighted by Gasteiger charge is 2.16. The summed E-state index contributed by atoms with van der Waals surface area (Å²) in [6.45, 7) is 2.20. The minimum Gasteiger partial charge on any atom is -0.504 e. The topological polar surface area (TPSA) is 72.6 Å². The van der Waals surface area contributed by atoms with Crippen LogP contribution >= 0.6 is 0 Å². The van der Waals surface area contributed by atoms with Crippen LogP contribution in [-0.4, -0.2) is 18.1 Å². The molecule has 1 aromatic carbocycles. The minimum absolute atomic E-state index is 0.109. The fourth-order valence-corrected chi connectivity index (χ4v) is 2.65. The van der Waals surface area contributed by atoms with E-state index in [0.717, 1.165) is 24.8 Å². The Labute approximate surface area is 133 Å². The molecule has 1 atom stereocenters. The van der Waals surface area contributed by atoms with Crippen molar-refractivity contribution in [2.45, 2.75) is 58.3 Å². The van der Waals surface area contributed by atoms with E-state index < -0.39 is 0 Å². The van der Waals surface area contributed by atoms with Crippen molar-refractivity contribution < 1.29 is 14.6 Å². The van der Waals surface area contributed by atoms with Crippen molar-refractivity contribution in [2.24, 2.45) is 11.7 Å². The van der Waals surface area contributed by atoms with Crippen LogP contribution in [0.5, 0.6) is 11.5 Å². The van der Waals surface area contributed by atoms with Gasteiger partial charge >= 0.3 is 0 Å². The van der Waals surface area contributed by atoms with Crippen molar-refractivity contribution in [1.82, 2.24) is 0 Å². The summed E-state index contributed by atoms with van der Waals surface area (Å²) in [5, 5.41) is 9.61. The summed E-state index contributed by atoms with van der Waals surface area (Å²) in [6.07, 6.45) is 8.64. The lowest BCUT2D eigenvalue weighted by Gasteiger charge is -2.14. The predicted octanol–water partition coefficient (Wildman–Crippen LogP) is 3.80. The van der Waals surface area contributed by atoms with E-state index in [0.29, 0.717) is 12.2 Å². The molecule has 0 radical (unpaired) electrons. The van der Waals surface area contributed by atoms with Crippen LogP contribution in [0.3, 0.4) is 0 Å². The first kappa shape index (κ1) is 18.3. The van der Waals surface area contributed by atoms with Crippen LogP contribution in [0, 0.1) is 5.92 Å². The largest absolute Gasteiger partial charge is 0.504 e. The molecule has 1 unspecified atom stereocenters. The zero-order valence-electron chi connectivity index (χ0n) is 13.8. The van der Waals surface area contributed by atoms with Crippen LogP contribution in [0.15, 0.2) is 18.2 Å². The Balaban J connectivity index is 2.48. The van der Waals surface area contributed by atoms with Crippen LogP contribution in [0.2, 0.25) is 0 Å². The van der Waals surface area contributed by atoms with E-state index in [9.17, 15) is 9.90 Å². The molecule has 22 heavy (non-hydrogen) atoms. The Morgan fingerprint density at radius 3 is 2.55 bits per heavy atom. The maximum Gasteiger partial charge on any atom is 0.220 e. The number of carbonyl (C=O) groups is 1. The van der Waals surface area contributed by atoms with Gasteiger partial charge in [0.15, 0.2) is 11.5 Å². The molecular formula is C18H29NO3. The number of aromatic hydroxyl groups is 1. The minimum atomic E-state index is -0.249. The average Bonchev–Trinajstić information content (AvgIpc) is 2.50. The Hall–Kier alpha value is -1.71. The molecule has 0 aliphatic carbocycles. The Morgan fingerprint density at radius 2 is 1.91 bits per heavy atom. The lowest BCUT2D eigenvalue weighted by atomic mass is 9.92. The number of nitrogens with two attached hydrogens (primary N) is 1. The van der Waals surface area contributed by atoms with E-state index in [1.54, 1.807) is 12.1 Å². The summed E-state index contributed by atoms with van der Waals surface area (Å²) in [4.78, 5) is 11.6. The van der Waals surface area contributed by atoms with Gasteiger partial charge in [-0.05, 0) is 30.5 Å².